The second-order valence-corrected chi connectivity index (χ2v) is 3.99. The van der Waals surface area contributed by atoms with Crippen molar-refractivity contribution in [2.24, 2.45) is 5.92 Å². The van der Waals surface area contributed by atoms with Gasteiger partial charge in [0.05, 0.1) is 5.39 Å². The van der Waals surface area contributed by atoms with E-state index in [-0.39, 0.29) is 0 Å². The number of hydrogen-bond acceptors (Lipinski definition) is 3. The number of rotatable bonds is 2. The second-order valence-electron chi connectivity index (χ2n) is 3.99. The SMILES string of the molecule is CC1CC1Nc1noc2ccccc12. The van der Waals surface area contributed by atoms with Gasteiger partial charge in [0.1, 0.15) is 0 Å². The van der Waals surface area contributed by atoms with Crippen molar-refractivity contribution < 1.29 is 4.52 Å². The van der Waals surface area contributed by atoms with Crippen LogP contribution in [-0.4, -0.2) is 11.2 Å². The van der Waals surface area contributed by atoms with Crippen molar-refractivity contribution in [3.63, 3.8) is 0 Å². The molecule has 0 amide bonds. The van der Waals surface area contributed by atoms with Crippen molar-refractivity contribution in [1.29, 1.82) is 0 Å². The fourth-order valence-corrected chi connectivity index (χ4v) is 1.69. The Balaban J connectivity index is 1.96. The molecule has 1 aliphatic rings. The van der Waals surface area contributed by atoms with Crippen molar-refractivity contribution in [3.05, 3.63) is 24.3 Å². The summed E-state index contributed by atoms with van der Waals surface area (Å²) in [5.74, 6) is 1.65. The molecular weight excluding hydrogens is 176 g/mol. The first-order chi connectivity index (χ1) is 6.84. The third-order valence-electron chi connectivity index (χ3n) is 2.81. The first kappa shape index (κ1) is 7.85. The van der Waals surface area contributed by atoms with Crippen LogP contribution in [0.3, 0.4) is 0 Å². The highest BCUT2D eigenvalue weighted by Crippen LogP contribution is 2.34. The predicted octanol–water partition coefficient (Wildman–Crippen LogP) is 2.65. The van der Waals surface area contributed by atoms with Crippen LogP contribution in [0.15, 0.2) is 28.8 Å². The van der Waals surface area contributed by atoms with Gasteiger partial charge in [-0.1, -0.05) is 24.2 Å². The Labute approximate surface area is 82.1 Å². The van der Waals surface area contributed by atoms with Gasteiger partial charge in [0.25, 0.3) is 0 Å². The number of benzene rings is 1. The lowest BCUT2D eigenvalue weighted by Crippen LogP contribution is -2.03. The van der Waals surface area contributed by atoms with E-state index in [2.05, 4.69) is 17.4 Å². The van der Waals surface area contributed by atoms with Crippen LogP contribution >= 0.6 is 0 Å². The molecule has 1 aromatic heterocycles. The minimum absolute atomic E-state index is 0.587. The van der Waals surface area contributed by atoms with Gasteiger partial charge in [-0.2, -0.15) is 0 Å². The van der Waals surface area contributed by atoms with Gasteiger partial charge in [-0.15, -0.1) is 0 Å². The monoisotopic (exact) mass is 188 g/mol. The maximum Gasteiger partial charge on any atom is 0.177 e. The summed E-state index contributed by atoms with van der Waals surface area (Å²) in [6.07, 6.45) is 1.24. The van der Waals surface area contributed by atoms with E-state index in [1.165, 1.54) is 6.42 Å². The van der Waals surface area contributed by atoms with Crippen LogP contribution in [0, 0.1) is 5.92 Å². The molecule has 0 bridgehead atoms. The standard InChI is InChI=1S/C11H12N2O/c1-7-6-9(7)12-11-8-4-2-3-5-10(8)14-13-11/h2-5,7,9H,6H2,1H3,(H,12,13). The number of nitrogens with zero attached hydrogens (tertiary/aromatic N) is 1. The molecule has 3 nitrogen and oxygen atoms in total. The maximum atomic E-state index is 5.20. The fraction of sp³-hybridized carbons (Fsp3) is 0.364. The summed E-state index contributed by atoms with van der Waals surface area (Å²) in [4.78, 5) is 0. The fourth-order valence-electron chi connectivity index (χ4n) is 1.69. The third-order valence-corrected chi connectivity index (χ3v) is 2.81. The summed E-state index contributed by atoms with van der Waals surface area (Å²) in [5, 5.41) is 8.48. The molecule has 1 N–H and O–H groups in total. The van der Waals surface area contributed by atoms with E-state index in [4.69, 9.17) is 4.52 Å². The Morgan fingerprint density at radius 2 is 2.21 bits per heavy atom. The van der Waals surface area contributed by atoms with Crippen LogP contribution in [0.5, 0.6) is 0 Å². The van der Waals surface area contributed by atoms with Crippen molar-refractivity contribution in [2.45, 2.75) is 19.4 Å². The lowest BCUT2D eigenvalue weighted by atomic mass is 10.2. The van der Waals surface area contributed by atoms with Crippen LogP contribution in [-0.2, 0) is 0 Å². The lowest BCUT2D eigenvalue weighted by Gasteiger charge is -1.98. The first-order valence-electron chi connectivity index (χ1n) is 4.95. The molecule has 2 aromatic rings. The Hall–Kier alpha value is -1.51. The van der Waals surface area contributed by atoms with Gasteiger partial charge in [0.15, 0.2) is 11.4 Å². The summed E-state index contributed by atoms with van der Waals surface area (Å²) in [7, 11) is 0. The van der Waals surface area contributed by atoms with E-state index in [0.29, 0.717) is 6.04 Å². The molecule has 2 unspecified atom stereocenters. The maximum absolute atomic E-state index is 5.20. The molecule has 1 heterocycles. The minimum Gasteiger partial charge on any atom is -0.364 e. The highest BCUT2D eigenvalue weighted by molar-refractivity contribution is 5.88. The highest BCUT2D eigenvalue weighted by Gasteiger charge is 2.33. The van der Waals surface area contributed by atoms with E-state index in [1.54, 1.807) is 0 Å². The number of aromatic nitrogens is 1. The third kappa shape index (κ3) is 1.16. The van der Waals surface area contributed by atoms with Crippen LogP contribution in [0.4, 0.5) is 5.82 Å². The molecular formula is C11H12N2O. The van der Waals surface area contributed by atoms with Crippen molar-refractivity contribution >= 4 is 16.8 Å². The van der Waals surface area contributed by atoms with Gasteiger partial charge in [-0.05, 0) is 24.5 Å². The summed E-state index contributed by atoms with van der Waals surface area (Å²) < 4.78 is 5.20. The molecule has 0 aliphatic heterocycles. The zero-order valence-electron chi connectivity index (χ0n) is 8.03. The predicted molar refractivity (Wildman–Crippen MR) is 55.2 cm³/mol. The lowest BCUT2D eigenvalue weighted by molar-refractivity contribution is 0.459. The molecule has 0 saturated heterocycles. The Bertz CT molecular complexity index is 463. The highest BCUT2D eigenvalue weighted by atomic mass is 16.5. The van der Waals surface area contributed by atoms with Crippen LogP contribution < -0.4 is 5.32 Å². The molecule has 1 saturated carbocycles. The largest absolute Gasteiger partial charge is 0.364 e. The van der Waals surface area contributed by atoms with Gasteiger partial charge >= 0.3 is 0 Å². The normalized spacial score (nSPS) is 25.2. The molecule has 3 heteroatoms. The van der Waals surface area contributed by atoms with Crippen molar-refractivity contribution in [1.82, 2.24) is 5.16 Å². The molecule has 14 heavy (non-hydrogen) atoms. The minimum atomic E-state index is 0.587. The average molecular weight is 188 g/mol. The van der Waals surface area contributed by atoms with Gasteiger partial charge in [-0.3, -0.25) is 0 Å². The van der Waals surface area contributed by atoms with E-state index >= 15 is 0 Å². The van der Waals surface area contributed by atoms with Crippen molar-refractivity contribution in [3.8, 4) is 0 Å². The van der Waals surface area contributed by atoms with Gasteiger partial charge in [0, 0.05) is 6.04 Å². The van der Waals surface area contributed by atoms with Gasteiger partial charge in [-0.25, -0.2) is 0 Å². The Kier molecular flexibility index (Phi) is 1.54. The molecule has 1 aromatic carbocycles. The number of nitrogens with one attached hydrogen (secondary N) is 1. The van der Waals surface area contributed by atoms with E-state index in [1.807, 2.05) is 24.3 Å². The Morgan fingerprint density at radius 3 is 3.00 bits per heavy atom. The van der Waals surface area contributed by atoms with Gasteiger partial charge < -0.3 is 9.84 Å². The smallest absolute Gasteiger partial charge is 0.177 e. The average Bonchev–Trinajstić information content (AvgIpc) is 2.75. The summed E-state index contributed by atoms with van der Waals surface area (Å²) in [6, 6.07) is 8.51. The molecule has 72 valence electrons. The quantitative estimate of drug-likeness (QED) is 0.787. The van der Waals surface area contributed by atoms with E-state index < -0.39 is 0 Å². The van der Waals surface area contributed by atoms with Crippen LogP contribution in [0.25, 0.3) is 11.0 Å². The number of hydrogen-bond donors (Lipinski definition) is 1. The Morgan fingerprint density at radius 1 is 1.43 bits per heavy atom. The topological polar surface area (TPSA) is 38.1 Å². The number of para-hydroxylation sites is 1. The van der Waals surface area contributed by atoms with Gasteiger partial charge in [0.2, 0.25) is 0 Å². The van der Waals surface area contributed by atoms with E-state index in [0.717, 1.165) is 22.7 Å². The summed E-state index contributed by atoms with van der Waals surface area (Å²) in [5.41, 5.74) is 0.850. The number of fused-ring (bicyclic) bond motifs is 1. The summed E-state index contributed by atoms with van der Waals surface area (Å²) in [6.45, 7) is 2.24. The first-order valence-corrected chi connectivity index (χ1v) is 4.95. The molecule has 1 aliphatic carbocycles. The zero-order chi connectivity index (χ0) is 9.54. The molecule has 0 radical (unpaired) electrons. The zero-order valence-corrected chi connectivity index (χ0v) is 8.03. The number of anilines is 1. The van der Waals surface area contributed by atoms with Crippen LogP contribution in [0.2, 0.25) is 0 Å². The van der Waals surface area contributed by atoms with Crippen molar-refractivity contribution in [2.75, 3.05) is 5.32 Å². The molecule has 3 rings (SSSR count). The molecule has 2 atom stereocenters. The second kappa shape index (κ2) is 2.74. The molecule has 1 fully saturated rings. The van der Waals surface area contributed by atoms with Crippen LogP contribution in [0.1, 0.15) is 13.3 Å². The molecule has 0 spiro atoms. The summed E-state index contributed by atoms with van der Waals surface area (Å²) >= 11 is 0. The van der Waals surface area contributed by atoms with E-state index in [9.17, 15) is 0 Å².